The summed E-state index contributed by atoms with van der Waals surface area (Å²) < 4.78 is 0. The molecule has 1 aliphatic heterocycles. The van der Waals surface area contributed by atoms with Crippen LogP contribution in [-0.2, 0) is 4.79 Å². The van der Waals surface area contributed by atoms with Gasteiger partial charge in [0.1, 0.15) is 12.1 Å². The van der Waals surface area contributed by atoms with Gasteiger partial charge in [-0.1, -0.05) is 47.5 Å². The van der Waals surface area contributed by atoms with Crippen LogP contribution in [0.5, 0.6) is 0 Å². The molecule has 0 spiro atoms. The second-order valence-corrected chi connectivity index (χ2v) is 7.20. The Hall–Kier alpha value is -1.35. The maximum Gasteiger partial charge on any atom is 0.151 e. The van der Waals surface area contributed by atoms with Crippen LogP contribution in [0.1, 0.15) is 37.1 Å². The van der Waals surface area contributed by atoms with Crippen molar-refractivity contribution >= 4 is 29.0 Å². The van der Waals surface area contributed by atoms with Crippen LogP contribution >= 0.6 is 23.2 Å². The number of hydrogen-bond donors (Lipinski definition) is 1. The van der Waals surface area contributed by atoms with Crippen LogP contribution in [0, 0.1) is 11.8 Å². The van der Waals surface area contributed by atoms with E-state index in [1.807, 2.05) is 62.4 Å². The SMILES string of the molecule is C[C@@H]1C(=O)[C@H](C)[C@@H](c2ccc(Cl)cc2)[NH2+][C@@H]1c1ccc(Cl)cc1. The summed E-state index contributed by atoms with van der Waals surface area (Å²) in [4.78, 5) is 12.8. The van der Waals surface area contributed by atoms with Crippen molar-refractivity contribution in [1.29, 1.82) is 0 Å². The summed E-state index contributed by atoms with van der Waals surface area (Å²) in [7, 11) is 0. The Kier molecular flexibility index (Phi) is 4.77. The van der Waals surface area contributed by atoms with Crippen molar-refractivity contribution in [2.75, 3.05) is 0 Å². The van der Waals surface area contributed by atoms with E-state index in [2.05, 4.69) is 5.32 Å². The molecule has 2 aromatic rings. The molecule has 1 heterocycles. The molecule has 1 aliphatic rings. The van der Waals surface area contributed by atoms with Crippen molar-refractivity contribution in [3.8, 4) is 0 Å². The number of halogens is 2. The van der Waals surface area contributed by atoms with Gasteiger partial charge in [-0.25, -0.2) is 0 Å². The highest BCUT2D eigenvalue weighted by molar-refractivity contribution is 6.30. The highest BCUT2D eigenvalue weighted by atomic mass is 35.5. The molecule has 1 fully saturated rings. The molecule has 0 radical (unpaired) electrons. The number of carbonyl (C=O) groups excluding carboxylic acids is 1. The Morgan fingerprint density at radius 2 is 1.09 bits per heavy atom. The average Bonchev–Trinajstić information content (AvgIpc) is 2.55. The number of rotatable bonds is 2. The molecule has 0 unspecified atom stereocenters. The highest BCUT2D eigenvalue weighted by Gasteiger charge is 2.43. The maximum atomic E-state index is 12.8. The van der Waals surface area contributed by atoms with Gasteiger partial charge in [-0.05, 0) is 38.1 Å². The lowest BCUT2D eigenvalue weighted by molar-refractivity contribution is -0.748. The topological polar surface area (TPSA) is 33.7 Å². The van der Waals surface area contributed by atoms with Crippen LogP contribution in [0.4, 0.5) is 0 Å². The smallest absolute Gasteiger partial charge is 0.151 e. The molecule has 23 heavy (non-hydrogen) atoms. The minimum absolute atomic E-state index is 0.0188. The zero-order valence-corrected chi connectivity index (χ0v) is 14.7. The zero-order chi connectivity index (χ0) is 16.6. The second-order valence-electron chi connectivity index (χ2n) is 6.33. The van der Waals surface area contributed by atoms with Gasteiger partial charge in [-0.15, -0.1) is 0 Å². The van der Waals surface area contributed by atoms with E-state index < -0.39 is 0 Å². The van der Waals surface area contributed by atoms with Gasteiger partial charge >= 0.3 is 0 Å². The second kappa shape index (κ2) is 6.64. The third-order valence-corrected chi connectivity index (χ3v) is 5.40. The first-order valence-electron chi connectivity index (χ1n) is 7.87. The predicted octanol–water partition coefficient (Wildman–Crippen LogP) is 4.19. The van der Waals surface area contributed by atoms with Crippen molar-refractivity contribution in [3.05, 3.63) is 69.7 Å². The Labute approximate surface area is 146 Å². The van der Waals surface area contributed by atoms with E-state index in [0.717, 1.165) is 11.1 Å². The summed E-state index contributed by atoms with van der Waals surface area (Å²) in [6.07, 6.45) is 0. The third-order valence-electron chi connectivity index (χ3n) is 4.90. The normalized spacial score (nSPS) is 27.9. The van der Waals surface area contributed by atoms with Gasteiger partial charge < -0.3 is 5.32 Å². The van der Waals surface area contributed by atoms with E-state index in [1.54, 1.807) is 0 Å². The first kappa shape index (κ1) is 16.5. The molecule has 0 bridgehead atoms. The van der Waals surface area contributed by atoms with Crippen molar-refractivity contribution in [3.63, 3.8) is 0 Å². The van der Waals surface area contributed by atoms with Crippen LogP contribution in [0.3, 0.4) is 0 Å². The fourth-order valence-electron chi connectivity index (χ4n) is 3.49. The Morgan fingerprint density at radius 3 is 1.43 bits per heavy atom. The summed E-state index contributed by atoms with van der Waals surface area (Å²) in [5.74, 6) is 0.275. The van der Waals surface area contributed by atoms with Gasteiger partial charge in [0.05, 0.1) is 11.8 Å². The standard InChI is InChI=1S/C19H19Cl2NO/c1-11-17(13-3-7-15(20)8-4-13)22-18(12(2)19(11)23)14-5-9-16(21)10-6-14/h3-12,17-18,22H,1-2H3/p+1/t11-,12+,17-,18-/m0/s1. The fourth-order valence-corrected chi connectivity index (χ4v) is 3.75. The van der Waals surface area contributed by atoms with Gasteiger partial charge in [0, 0.05) is 21.2 Å². The molecule has 2 nitrogen and oxygen atoms in total. The van der Waals surface area contributed by atoms with Crippen molar-refractivity contribution in [1.82, 2.24) is 0 Å². The summed E-state index contributed by atoms with van der Waals surface area (Å²) in [6.45, 7) is 4.04. The zero-order valence-electron chi connectivity index (χ0n) is 13.2. The van der Waals surface area contributed by atoms with Gasteiger partial charge in [0.2, 0.25) is 0 Å². The number of quaternary nitrogens is 1. The van der Waals surface area contributed by atoms with E-state index in [4.69, 9.17) is 23.2 Å². The van der Waals surface area contributed by atoms with Gasteiger partial charge in [-0.3, -0.25) is 4.79 Å². The number of benzene rings is 2. The summed E-state index contributed by atoms with van der Waals surface area (Å²) in [5.41, 5.74) is 2.28. The van der Waals surface area contributed by atoms with E-state index >= 15 is 0 Å². The van der Waals surface area contributed by atoms with Gasteiger partial charge in [0.25, 0.3) is 0 Å². The number of nitrogens with two attached hydrogens (primary N) is 1. The molecule has 0 amide bonds. The van der Waals surface area contributed by atoms with E-state index in [-0.39, 0.29) is 23.9 Å². The van der Waals surface area contributed by atoms with E-state index in [1.165, 1.54) is 0 Å². The Bertz CT molecular complexity index is 637. The largest absolute Gasteiger partial charge is 0.333 e. The van der Waals surface area contributed by atoms with E-state index in [0.29, 0.717) is 15.8 Å². The van der Waals surface area contributed by atoms with E-state index in [9.17, 15) is 4.79 Å². The molecule has 4 atom stereocenters. The number of ketones is 1. The molecule has 2 aromatic carbocycles. The Balaban J connectivity index is 1.94. The number of piperidine rings is 1. The average molecular weight is 349 g/mol. The first-order valence-corrected chi connectivity index (χ1v) is 8.62. The predicted molar refractivity (Wildman–Crippen MR) is 93.6 cm³/mol. The minimum Gasteiger partial charge on any atom is -0.333 e. The molecule has 4 heteroatoms. The van der Waals surface area contributed by atoms with Gasteiger partial charge in [0.15, 0.2) is 5.78 Å². The van der Waals surface area contributed by atoms with Gasteiger partial charge in [-0.2, -0.15) is 0 Å². The molecule has 2 N–H and O–H groups in total. The lowest BCUT2D eigenvalue weighted by Crippen LogP contribution is -2.91. The number of hydrogen-bond acceptors (Lipinski definition) is 1. The van der Waals surface area contributed by atoms with Crippen molar-refractivity contribution < 1.29 is 10.1 Å². The molecule has 1 saturated heterocycles. The summed E-state index contributed by atoms with van der Waals surface area (Å²) >= 11 is 12.0. The summed E-state index contributed by atoms with van der Waals surface area (Å²) in [6, 6.07) is 15.8. The molecule has 3 rings (SSSR count). The summed E-state index contributed by atoms with van der Waals surface area (Å²) in [5, 5.41) is 3.74. The minimum atomic E-state index is -0.0188. The molecule has 0 aromatic heterocycles. The third kappa shape index (κ3) is 3.30. The highest BCUT2D eigenvalue weighted by Crippen LogP contribution is 2.33. The van der Waals surface area contributed by atoms with Crippen LogP contribution in [0.25, 0.3) is 0 Å². The molecular formula is C19H20Cl2NO+. The number of carbonyl (C=O) groups is 1. The van der Waals surface area contributed by atoms with Crippen LogP contribution in [-0.4, -0.2) is 5.78 Å². The first-order chi connectivity index (χ1) is 11.0. The number of Topliss-reactive ketones (excluding diaryl/α,β-unsaturated/α-hetero) is 1. The Morgan fingerprint density at radius 1 is 0.739 bits per heavy atom. The lowest BCUT2D eigenvalue weighted by atomic mass is 9.76. The monoisotopic (exact) mass is 348 g/mol. The van der Waals surface area contributed by atoms with Crippen LogP contribution in [0.2, 0.25) is 10.0 Å². The van der Waals surface area contributed by atoms with Crippen LogP contribution < -0.4 is 5.32 Å². The van der Waals surface area contributed by atoms with Crippen molar-refractivity contribution in [2.24, 2.45) is 11.8 Å². The maximum absolute atomic E-state index is 12.8. The molecule has 0 saturated carbocycles. The molecular weight excluding hydrogens is 329 g/mol. The van der Waals surface area contributed by atoms with Crippen LogP contribution in [0.15, 0.2) is 48.5 Å². The quantitative estimate of drug-likeness (QED) is 0.866. The van der Waals surface area contributed by atoms with Crippen molar-refractivity contribution in [2.45, 2.75) is 25.9 Å². The molecule has 0 aliphatic carbocycles. The lowest BCUT2D eigenvalue weighted by Gasteiger charge is -2.36. The molecule has 120 valence electrons. The fraction of sp³-hybridized carbons (Fsp3) is 0.316.